The molecule has 25 heavy (non-hydrogen) atoms. The summed E-state index contributed by atoms with van der Waals surface area (Å²) < 4.78 is 7.29. The zero-order chi connectivity index (χ0) is 17.6. The molecular formula is C19H24ClN3O2. The van der Waals surface area contributed by atoms with Crippen LogP contribution in [0, 0.1) is 5.92 Å². The van der Waals surface area contributed by atoms with Gasteiger partial charge in [0, 0.05) is 36.4 Å². The van der Waals surface area contributed by atoms with Crippen LogP contribution in [0.5, 0.6) is 5.75 Å². The zero-order valence-corrected chi connectivity index (χ0v) is 15.3. The van der Waals surface area contributed by atoms with Gasteiger partial charge in [0.25, 0.3) is 0 Å². The number of halogens is 1. The summed E-state index contributed by atoms with van der Waals surface area (Å²) in [5, 5.41) is 4.79. The number of methoxy groups -OCH3 is 1. The van der Waals surface area contributed by atoms with Crippen LogP contribution in [0.4, 0.5) is 0 Å². The van der Waals surface area contributed by atoms with Gasteiger partial charge >= 0.3 is 0 Å². The van der Waals surface area contributed by atoms with Gasteiger partial charge in [0.15, 0.2) is 5.78 Å². The van der Waals surface area contributed by atoms with Crippen molar-refractivity contribution in [3.05, 3.63) is 47.2 Å². The lowest BCUT2D eigenvalue weighted by atomic mass is 9.89. The van der Waals surface area contributed by atoms with Gasteiger partial charge in [0.1, 0.15) is 5.75 Å². The van der Waals surface area contributed by atoms with E-state index in [2.05, 4.69) is 10.00 Å². The number of Topliss-reactive ketones (excluding diaryl/α,β-unsaturated/α-hetero) is 1. The lowest BCUT2D eigenvalue weighted by molar-refractivity contribution is 0.0814. The Morgan fingerprint density at radius 3 is 3.04 bits per heavy atom. The molecule has 0 aliphatic carbocycles. The molecule has 1 unspecified atom stereocenters. The molecule has 0 bridgehead atoms. The number of rotatable bonds is 7. The number of carbonyl (C=O) groups excluding carboxylic acids is 1. The van der Waals surface area contributed by atoms with E-state index in [1.165, 1.54) is 0 Å². The molecule has 2 aromatic rings. The van der Waals surface area contributed by atoms with Crippen molar-refractivity contribution in [2.45, 2.75) is 25.8 Å². The average molecular weight is 362 g/mol. The number of aryl methyl sites for hydroxylation is 1. The predicted molar refractivity (Wildman–Crippen MR) is 98.3 cm³/mol. The van der Waals surface area contributed by atoms with Crippen molar-refractivity contribution in [2.75, 3.05) is 26.7 Å². The van der Waals surface area contributed by atoms with Crippen molar-refractivity contribution in [1.29, 1.82) is 0 Å². The fourth-order valence-electron chi connectivity index (χ4n) is 3.45. The Hall–Kier alpha value is -1.85. The van der Waals surface area contributed by atoms with Crippen molar-refractivity contribution in [2.24, 2.45) is 5.92 Å². The van der Waals surface area contributed by atoms with Gasteiger partial charge < -0.3 is 9.64 Å². The summed E-state index contributed by atoms with van der Waals surface area (Å²) in [6.45, 7) is 3.74. The van der Waals surface area contributed by atoms with Gasteiger partial charge in [-0.2, -0.15) is 5.10 Å². The fraction of sp³-hybridized carbons (Fsp3) is 0.474. The molecule has 1 fully saturated rings. The van der Waals surface area contributed by atoms with Crippen LogP contribution >= 0.6 is 11.6 Å². The standard InChI is InChI=1S/C19H24ClN3O2/c1-25-18-7-6-16(20)13-17(18)19(24)15-5-2-9-22(14-15)10-4-12-23-11-3-8-21-23/h3,6-8,11,13,15H,2,4-5,9-10,12,14H2,1H3. The van der Waals surface area contributed by atoms with Crippen molar-refractivity contribution in [1.82, 2.24) is 14.7 Å². The molecule has 6 heteroatoms. The Labute approximate surface area is 153 Å². The summed E-state index contributed by atoms with van der Waals surface area (Å²) in [7, 11) is 1.59. The molecule has 1 aromatic heterocycles. The van der Waals surface area contributed by atoms with E-state index in [9.17, 15) is 4.79 Å². The van der Waals surface area contributed by atoms with E-state index in [1.807, 2.05) is 16.9 Å². The number of likely N-dealkylation sites (tertiary alicyclic amines) is 1. The van der Waals surface area contributed by atoms with Gasteiger partial charge in [-0.15, -0.1) is 0 Å². The molecule has 1 aromatic carbocycles. The highest BCUT2D eigenvalue weighted by atomic mass is 35.5. The van der Waals surface area contributed by atoms with Crippen molar-refractivity contribution < 1.29 is 9.53 Å². The zero-order valence-electron chi connectivity index (χ0n) is 14.5. The highest BCUT2D eigenvalue weighted by Crippen LogP contribution is 2.28. The molecule has 1 saturated heterocycles. The number of nitrogens with zero attached hydrogens (tertiary/aromatic N) is 3. The predicted octanol–water partition coefficient (Wildman–Crippen LogP) is 3.53. The van der Waals surface area contributed by atoms with Gasteiger partial charge in [-0.1, -0.05) is 11.6 Å². The molecule has 1 atom stereocenters. The third-order valence-corrected chi connectivity index (χ3v) is 4.96. The normalized spacial score (nSPS) is 18.2. The third kappa shape index (κ3) is 4.61. The molecule has 0 saturated carbocycles. The molecule has 1 aliphatic heterocycles. The largest absolute Gasteiger partial charge is 0.496 e. The van der Waals surface area contributed by atoms with Crippen LogP contribution in [0.2, 0.25) is 5.02 Å². The van der Waals surface area contributed by atoms with Crippen LogP contribution in [0.3, 0.4) is 0 Å². The summed E-state index contributed by atoms with van der Waals surface area (Å²) in [5.74, 6) is 0.743. The van der Waals surface area contributed by atoms with E-state index >= 15 is 0 Å². The molecule has 1 aliphatic rings. The topological polar surface area (TPSA) is 47.4 Å². The maximum absolute atomic E-state index is 13.0. The van der Waals surface area contributed by atoms with Gasteiger partial charge in [-0.05, 0) is 56.6 Å². The molecule has 0 radical (unpaired) electrons. The first-order valence-electron chi connectivity index (χ1n) is 8.75. The minimum atomic E-state index is 0.00539. The molecule has 134 valence electrons. The number of ketones is 1. The summed E-state index contributed by atoms with van der Waals surface area (Å²) in [4.78, 5) is 15.3. The summed E-state index contributed by atoms with van der Waals surface area (Å²) >= 11 is 6.08. The minimum Gasteiger partial charge on any atom is -0.496 e. The Morgan fingerprint density at radius 2 is 2.28 bits per heavy atom. The van der Waals surface area contributed by atoms with Gasteiger partial charge in [-0.25, -0.2) is 0 Å². The Morgan fingerprint density at radius 1 is 1.40 bits per heavy atom. The molecule has 0 spiro atoms. The summed E-state index contributed by atoms with van der Waals surface area (Å²) in [6, 6.07) is 7.17. The number of benzene rings is 1. The van der Waals surface area contributed by atoms with Gasteiger partial charge in [0.2, 0.25) is 0 Å². The summed E-state index contributed by atoms with van der Waals surface area (Å²) in [5.41, 5.74) is 0.596. The Kier molecular flexibility index (Phi) is 6.10. The maximum Gasteiger partial charge on any atom is 0.170 e. The van der Waals surface area contributed by atoms with E-state index in [0.717, 1.165) is 45.4 Å². The smallest absolute Gasteiger partial charge is 0.170 e. The van der Waals surface area contributed by atoms with Crippen LogP contribution in [0.1, 0.15) is 29.6 Å². The Balaban J connectivity index is 1.59. The number of aromatic nitrogens is 2. The van der Waals surface area contributed by atoms with Crippen LogP contribution in [-0.4, -0.2) is 47.2 Å². The molecule has 2 heterocycles. The second-order valence-corrected chi connectivity index (χ2v) is 6.91. The lowest BCUT2D eigenvalue weighted by Gasteiger charge is -2.32. The van der Waals surface area contributed by atoms with Crippen LogP contribution in [0.15, 0.2) is 36.7 Å². The number of ether oxygens (including phenoxy) is 1. The van der Waals surface area contributed by atoms with Crippen LogP contribution in [-0.2, 0) is 6.54 Å². The molecule has 0 N–H and O–H groups in total. The molecule has 3 rings (SSSR count). The fourth-order valence-corrected chi connectivity index (χ4v) is 3.63. The highest BCUT2D eigenvalue weighted by Gasteiger charge is 2.28. The van der Waals surface area contributed by atoms with Crippen LogP contribution in [0.25, 0.3) is 0 Å². The van der Waals surface area contributed by atoms with Gasteiger partial charge in [0.05, 0.1) is 12.7 Å². The van der Waals surface area contributed by atoms with Gasteiger partial charge in [-0.3, -0.25) is 9.48 Å². The first-order chi connectivity index (χ1) is 12.2. The van der Waals surface area contributed by atoms with E-state index in [1.54, 1.807) is 31.5 Å². The Bertz CT molecular complexity index is 703. The first-order valence-corrected chi connectivity index (χ1v) is 9.12. The molecule has 0 amide bonds. The van der Waals surface area contributed by atoms with Crippen molar-refractivity contribution >= 4 is 17.4 Å². The van der Waals surface area contributed by atoms with Crippen LogP contribution < -0.4 is 4.74 Å². The second kappa shape index (κ2) is 8.50. The maximum atomic E-state index is 13.0. The SMILES string of the molecule is COc1ccc(Cl)cc1C(=O)C1CCCN(CCCn2cccn2)C1. The van der Waals surface area contributed by atoms with E-state index in [0.29, 0.717) is 16.3 Å². The van der Waals surface area contributed by atoms with Crippen molar-refractivity contribution in [3.8, 4) is 5.75 Å². The minimum absolute atomic E-state index is 0.00539. The molecule has 5 nitrogen and oxygen atoms in total. The number of piperidine rings is 1. The van der Waals surface area contributed by atoms with E-state index < -0.39 is 0 Å². The number of hydrogen-bond donors (Lipinski definition) is 0. The van der Waals surface area contributed by atoms with Crippen molar-refractivity contribution in [3.63, 3.8) is 0 Å². The monoisotopic (exact) mass is 361 g/mol. The first kappa shape index (κ1) is 18.0. The highest BCUT2D eigenvalue weighted by molar-refractivity contribution is 6.31. The van der Waals surface area contributed by atoms with E-state index in [-0.39, 0.29) is 11.7 Å². The summed E-state index contributed by atoms with van der Waals surface area (Å²) in [6.07, 6.45) is 6.77. The van der Waals surface area contributed by atoms with E-state index in [4.69, 9.17) is 16.3 Å². The number of hydrogen-bond acceptors (Lipinski definition) is 4. The average Bonchev–Trinajstić information content (AvgIpc) is 3.15. The quantitative estimate of drug-likeness (QED) is 0.708. The second-order valence-electron chi connectivity index (χ2n) is 6.47. The third-order valence-electron chi connectivity index (χ3n) is 4.72. The number of carbonyl (C=O) groups is 1. The lowest BCUT2D eigenvalue weighted by Crippen LogP contribution is -2.39. The molecular weight excluding hydrogens is 338 g/mol.